The van der Waals surface area contributed by atoms with Crippen molar-refractivity contribution in [3.8, 4) is 0 Å². The minimum Gasteiger partial charge on any atom is -0.376 e. The Balaban J connectivity index is 1.73. The zero-order valence-corrected chi connectivity index (χ0v) is 16.4. The molecule has 0 radical (unpaired) electrons. The van der Waals surface area contributed by atoms with Crippen molar-refractivity contribution in [2.45, 2.75) is 49.1 Å². The molecule has 0 unspecified atom stereocenters. The molecule has 2 aliphatic heterocycles. The van der Waals surface area contributed by atoms with E-state index in [9.17, 15) is 13.2 Å². The van der Waals surface area contributed by atoms with Crippen LogP contribution in [0.2, 0.25) is 0 Å². The SMILES string of the molecule is O=C(NC[C@@H]1CCCO1)[C@@H]1CCCCN1S(=O)(=O)c1ccc(Br)cc1. The molecule has 0 bridgehead atoms. The number of amides is 1. The van der Waals surface area contributed by atoms with Gasteiger partial charge in [-0.05, 0) is 49.9 Å². The van der Waals surface area contributed by atoms with Gasteiger partial charge >= 0.3 is 0 Å². The highest BCUT2D eigenvalue weighted by Gasteiger charge is 2.37. The second-order valence-corrected chi connectivity index (χ2v) is 9.27. The van der Waals surface area contributed by atoms with E-state index in [0.717, 1.165) is 36.8 Å². The number of sulfonamides is 1. The van der Waals surface area contributed by atoms with Gasteiger partial charge < -0.3 is 10.1 Å². The van der Waals surface area contributed by atoms with Crippen LogP contribution in [0.25, 0.3) is 0 Å². The first kappa shape index (κ1) is 18.8. The molecule has 1 aromatic rings. The summed E-state index contributed by atoms with van der Waals surface area (Å²) in [6.07, 6.45) is 4.16. The minimum atomic E-state index is -3.69. The quantitative estimate of drug-likeness (QED) is 0.777. The smallest absolute Gasteiger partial charge is 0.243 e. The largest absolute Gasteiger partial charge is 0.376 e. The topological polar surface area (TPSA) is 75.7 Å². The van der Waals surface area contributed by atoms with Crippen molar-refractivity contribution < 1.29 is 17.9 Å². The van der Waals surface area contributed by atoms with Gasteiger partial charge in [-0.3, -0.25) is 4.79 Å². The number of carbonyl (C=O) groups is 1. The molecular weight excluding hydrogens is 408 g/mol. The number of ether oxygens (including phenoxy) is 1. The molecule has 0 aromatic heterocycles. The number of halogens is 1. The first-order valence-corrected chi connectivity index (χ1v) is 10.9. The number of carbonyl (C=O) groups excluding carboxylic acids is 1. The first-order chi connectivity index (χ1) is 12.0. The Hall–Kier alpha value is -0.960. The highest BCUT2D eigenvalue weighted by Crippen LogP contribution is 2.26. The zero-order valence-electron chi connectivity index (χ0n) is 14.0. The fourth-order valence-electron chi connectivity index (χ4n) is 3.33. The Bertz CT molecular complexity index is 702. The summed E-state index contributed by atoms with van der Waals surface area (Å²) in [6.45, 7) is 1.55. The van der Waals surface area contributed by atoms with Crippen LogP contribution in [0.1, 0.15) is 32.1 Å². The Morgan fingerprint density at radius 3 is 2.64 bits per heavy atom. The molecule has 2 atom stereocenters. The molecule has 1 N–H and O–H groups in total. The Morgan fingerprint density at radius 2 is 1.96 bits per heavy atom. The van der Waals surface area contributed by atoms with E-state index >= 15 is 0 Å². The van der Waals surface area contributed by atoms with Crippen molar-refractivity contribution in [3.63, 3.8) is 0 Å². The number of benzene rings is 1. The van der Waals surface area contributed by atoms with Crippen LogP contribution in [-0.4, -0.2) is 50.5 Å². The molecule has 1 aromatic carbocycles. The number of piperidine rings is 1. The summed E-state index contributed by atoms with van der Waals surface area (Å²) in [7, 11) is -3.69. The number of nitrogens with zero attached hydrogens (tertiary/aromatic N) is 1. The third-order valence-electron chi connectivity index (χ3n) is 4.70. The summed E-state index contributed by atoms with van der Waals surface area (Å²) in [5, 5.41) is 2.88. The van der Waals surface area contributed by atoms with Crippen LogP contribution in [0.5, 0.6) is 0 Å². The maximum Gasteiger partial charge on any atom is 0.243 e. The van der Waals surface area contributed by atoms with Gasteiger partial charge in [0.2, 0.25) is 15.9 Å². The maximum absolute atomic E-state index is 13.0. The van der Waals surface area contributed by atoms with E-state index in [4.69, 9.17) is 4.74 Å². The van der Waals surface area contributed by atoms with Gasteiger partial charge in [-0.2, -0.15) is 4.31 Å². The predicted molar refractivity (Wildman–Crippen MR) is 97.7 cm³/mol. The van der Waals surface area contributed by atoms with Gasteiger partial charge in [0.15, 0.2) is 0 Å². The highest BCUT2D eigenvalue weighted by atomic mass is 79.9. The number of nitrogens with one attached hydrogen (secondary N) is 1. The summed E-state index contributed by atoms with van der Waals surface area (Å²) in [6, 6.07) is 5.88. The van der Waals surface area contributed by atoms with Crippen LogP contribution in [0.4, 0.5) is 0 Å². The molecule has 2 heterocycles. The molecule has 0 spiro atoms. The molecule has 25 heavy (non-hydrogen) atoms. The number of hydrogen-bond donors (Lipinski definition) is 1. The highest BCUT2D eigenvalue weighted by molar-refractivity contribution is 9.10. The molecule has 2 fully saturated rings. The lowest BCUT2D eigenvalue weighted by atomic mass is 10.0. The van der Waals surface area contributed by atoms with Crippen LogP contribution >= 0.6 is 15.9 Å². The summed E-state index contributed by atoms with van der Waals surface area (Å²) in [4.78, 5) is 12.8. The van der Waals surface area contributed by atoms with E-state index in [2.05, 4.69) is 21.2 Å². The molecule has 0 saturated carbocycles. The molecule has 1 amide bonds. The third kappa shape index (κ3) is 4.42. The fourth-order valence-corrected chi connectivity index (χ4v) is 5.26. The van der Waals surface area contributed by atoms with Gasteiger partial charge in [0.25, 0.3) is 0 Å². The van der Waals surface area contributed by atoms with Crippen molar-refractivity contribution >= 4 is 31.9 Å². The lowest BCUT2D eigenvalue weighted by Gasteiger charge is -2.33. The lowest BCUT2D eigenvalue weighted by Crippen LogP contribution is -2.52. The van der Waals surface area contributed by atoms with Crippen LogP contribution in [0.15, 0.2) is 33.6 Å². The molecule has 3 rings (SSSR count). The van der Waals surface area contributed by atoms with E-state index in [1.807, 2.05) is 0 Å². The maximum atomic E-state index is 13.0. The number of hydrogen-bond acceptors (Lipinski definition) is 4. The molecule has 0 aliphatic carbocycles. The van der Waals surface area contributed by atoms with Gasteiger partial charge in [0, 0.05) is 24.2 Å². The number of rotatable bonds is 5. The average molecular weight is 431 g/mol. The van der Waals surface area contributed by atoms with Crippen molar-refractivity contribution in [3.05, 3.63) is 28.7 Å². The molecule has 2 saturated heterocycles. The Morgan fingerprint density at radius 1 is 1.20 bits per heavy atom. The third-order valence-corrected chi connectivity index (χ3v) is 7.16. The fraction of sp³-hybridized carbons (Fsp3) is 0.588. The van der Waals surface area contributed by atoms with Crippen molar-refractivity contribution in [1.82, 2.24) is 9.62 Å². The predicted octanol–water partition coefficient (Wildman–Crippen LogP) is 2.29. The van der Waals surface area contributed by atoms with Gasteiger partial charge in [-0.1, -0.05) is 22.4 Å². The molecular formula is C17H23BrN2O4S. The molecule has 2 aliphatic rings. The van der Waals surface area contributed by atoms with Gasteiger partial charge in [0.1, 0.15) is 6.04 Å². The Labute approximate surface area is 157 Å². The first-order valence-electron chi connectivity index (χ1n) is 8.65. The van der Waals surface area contributed by atoms with E-state index in [1.54, 1.807) is 24.3 Å². The average Bonchev–Trinajstić information content (AvgIpc) is 3.13. The van der Waals surface area contributed by atoms with E-state index in [-0.39, 0.29) is 16.9 Å². The second kappa shape index (κ2) is 8.16. The van der Waals surface area contributed by atoms with Crippen molar-refractivity contribution in [1.29, 1.82) is 0 Å². The molecule has 6 nitrogen and oxygen atoms in total. The van der Waals surface area contributed by atoms with Crippen LogP contribution in [0, 0.1) is 0 Å². The normalized spacial score (nSPS) is 25.0. The minimum absolute atomic E-state index is 0.0454. The van der Waals surface area contributed by atoms with Gasteiger partial charge in [0.05, 0.1) is 11.0 Å². The summed E-state index contributed by atoms with van der Waals surface area (Å²) in [5.74, 6) is -0.226. The van der Waals surface area contributed by atoms with E-state index in [1.165, 1.54) is 4.31 Å². The Kier molecular flexibility index (Phi) is 6.14. The van der Waals surface area contributed by atoms with E-state index < -0.39 is 16.1 Å². The summed E-state index contributed by atoms with van der Waals surface area (Å²) in [5.41, 5.74) is 0. The standard InChI is InChI=1S/C17H23BrN2O4S/c18-13-6-8-15(9-7-13)25(22,23)20-10-2-1-5-16(20)17(21)19-12-14-4-3-11-24-14/h6-9,14,16H,1-5,10-12H2,(H,19,21)/t14-,16-/m0/s1. The van der Waals surface area contributed by atoms with Gasteiger partial charge in [-0.25, -0.2) is 8.42 Å². The van der Waals surface area contributed by atoms with Crippen LogP contribution in [-0.2, 0) is 19.6 Å². The van der Waals surface area contributed by atoms with Crippen LogP contribution in [0.3, 0.4) is 0 Å². The summed E-state index contributed by atoms with van der Waals surface area (Å²) >= 11 is 3.31. The second-order valence-electron chi connectivity index (χ2n) is 6.46. The van der Waals surface area contributed by atoms with Crippen LogP contribution < -0.4 is 5.32 Å². The monoisotopic (exact) mass is 430 g/mol. The van der Waals surface area contributed by atoms with E-state index in [0.29, 0.717) is 19.5 Å². The lowest BCUT2D eigenvalue weighted by molar-refractivity contribution is -0.126. The van der Waals surface area contributed by atoms with Crippen molar-refractivity contribution in [2.75, 3.05) is 19.7 Å². The van der Waals surface area contributed by atoms with Gasteiger partial charge in [-0.15, -0.1) is 0 Å². The zero-order chi connectivity index (χ0) is 17.9. The molecule has 138 valence electrons. The molecule has 8 heteroatoms. The van der Waals surface area contributed by atoms with Crippen molar-refractivity contribution in [2.24, 2.45) is 0 Å². The summed E-state index contributed by atoms with van der Waals surface area (Å²) < 4.78 is 33.6.